The van der Waals surface area contributed by atoms with E-state index in [0.717, 1.165) is 4.70 Å². The Labute approximate surface area is 159 Å². The molecule has 2 aromatic heterocycles. The summed E-state index contributed by atoms with van der Waals surface area (Å²) < 4.78 is 0.872. The molecule has 5 nitrogen and oxygen atoms in total. The Hall–Kier alpha value is -3.38. The zero-order valence-corrected chi connectivity index (χ0v) is 15.1. The molecular weight excluding hydrogens is 358 g/mol. The maximum atomic E-state index is 12.2. The molecule has 0 aliphatic heterocycles. The fourth-order valence-electron chi connectivity index (χ4n) is 2.68. The predicted molar refractivity (Wildman–Crippen MR) is 107 cm³/mol. The number of hydrogen-bond acceptors (Lipinski definition) is 5. The van der Waals surface area contributed by atoms with Gasteiger partial charge in [0, 0.05) is 10.3 Å². The molecule has 0 aliphatic carbocycles. The van der Waals surface area contributed by atoms with Crippen LogP contribution in [0, 0.1) is 0 Å². The highest BCUT2D eigenvalue weighted by atomic mass is 32.1. The SMILES string of the molecule is O=C(NCc1cccc(-c2nc(=O)c3ccccc3s2)n1)c1ccccc1. The van der Waals surface area contributed by atoms with Gasteiger partial charge in [-0.1, -0.05) is 36.4 Å². The molecule has 0 atom stereocenters. The summed E-state index contributed by atoms with van der Waals surface area (Å²) in [7, 11) is 0. The summed E-state index contributed by atoms with van der Waals surface area (Å²) in [5, 5.41) is 4.03. The molecule has 0 fully saturated rings. The molecule has 2 aromatic carbocycles. The van der Waals surface area contributed by atoms with E-state index in [2.05, 4.69) is 15.3 Å². The number of fused-ring (bicyclic) bond motifs is 1. The number of rotatable bonds is 4. The maximum Gasteiger partial charge on any atom is 0.279 e. The lowest BCUT2D eigenvalue weighted by molar-refractivity contribution is 0.0950. The molecule has 0 unspecified atom stereocenters. The number of carbonyl (C=O) groups excluding carboxylic acids is 1. The highest BCUT2D eigenvalue weighted by Crippen LogP contribution is 2.24. The number of carbonyl (C=O) groups is 1. The lowest BCUT2D eigenvalue weighted by Crippen LogP contribution is -2.23. The molecule has 6 heteroatoms. The van der Waals surface area contributed by atoms with Crippen LogP contribution in [0.3, 0.4) is 0 Å². The summed E-state index contributed by atoms with van der Waals surface area (Å²) in [6.07, 6.45) is 0. The van der Waals surface area contributed by atoms with Crippen LogP contribution in [0.1, 0.15) is 16.1 Å². The van der Waals surface area contributed by atoms with Gasteiger partial charge in [0.25, 0.3) is 11.5 Å². The van der Waals surface area contributed by atoms with Crippen LogP contribution in [0.15, 0.2) is 77.6 Å². The van der Waals surface area contributed by atoms with Crippen molar-refractivity contribution in [2.75, 3.05) is 0 Å². The standard InChI is InChI=1S/C21H15N3O2S/c25-19(14-7-2-1-3-8-14)22-13-15-9-6-11-17(23-15)21-24-20(26)16-10-4-5-12-18(16)27-21/h1-12H,13H2,(H,22,25). The first-order valence-corrected chi connectivity index (χ1v) is 9.22. The topological polar surface area (TPSA) is 72.0 Å². The molecule has 1 amide bonds. The molecule has 0 saturated carbocycles. The minimum atomic E-state index is -0.260. The first-order valence-electron chi connectivity index (χ1n) is 8.40. The fraction of sp³-hybridized carbons (Fsp3) is 0.0476. The van der Waals surface area contributed by atoms with E-state index in [1.165, 1.54) is 11.3 Å². The Kier molecular flexibility index (Phi) is 4.72. The van der Waals surface area contributed by atoms with Crippen LogP contribution < -0.4 is 10.9 Å². The predicted octanol–water partition coefficient (Wildman–Crippen LogP) is 3.65. The number of amides is 1. The second kappa shape index (κ2) is 7.47. The summed E-state index contributed by atoms with van der Waals surface area (Å²) in [5.41, 5.74) is 1.66. The van der Waals surface area contributed by atoms with Crippen LogP contribution in [-0.4, -0.2) is 15.9 Å². The van der Waals surface area contributed by atoms with Crippen molar-refractivity contribution in [1.82, 2.24) is 15.3 Å². The van der Waals surface area contributed by atoms with Crippen LogP contribution in [0.2, 0.25) is 0 Å². The maximum absolute atomic E-state index is 12.2. The van der Waals surface area contributed by atoms with Gasteiger partial charge < -0.3 is 5.32 Å². The molecule has 4 rings (SSSR count). The number of pyridine rings is 1. The van der Waals surface area contributed by atoms with Gasteiger partial charge in [0.2, 0.25) is 0 Å². The summed E-state index contributed by atoms with van der Waals surface area (Å²) >= 11 is 1.42. The minimum absolute atomic E-state index is 0.156. The van der Waals surface area contributed by atoms with Crippen LogP contribution in [0.25, 0.3) is 20.8 Å². The summed E-state index contributed by atoms with van der Waals surface area (Å²) in [6.45, 7) is 0.296. The zero-order valence-electron chi connectivity index (χ0n) is 14.3. The van der Waals surface area contributed by atoms with Crippen molar-refractivity contribution >= 4 is 27.3 Å². The molecule has 0 aliphatic rings. The number of hydrogen-bond donors (Lipinski definition) is 1. The summed E-state index contributed by atoms with van der Waals surface area (Å²) in [6, 6.07) is 21.9. The molecule has 0 radical (unpaired) electrons. The van der Waals surface area contributed by atoms with Crippen molar-refractivity contribution in [3.8, 4) is 10.7 Å². The second-order valence-corrected chi connectivity index (χ2v) is 6.91. The highest BCUT2D eigenvalue weighted by Gasteiger charge is 2.09. The van der Waals surface area contributed by atoms with E-state index in [0.29, 0.717) is 33.9 Å². The number of nitrogens with one attached hydrogen (secondary N) is 1. The van der Waals surface area contributed by atoms with Crippen molar-refractivity contribution < 1.29 is 4.79 Å². The van der Waals surface area contributed by atoms with Crippen LogP contribution >= 0.6 is 11.3 Å². The molecule has 4 aromatic rings. The van der Waals surface area contributed by atoms with Crippen LogP contribution in [0.4, 0.5) is 0 Å². The average molecular weight is 373 g/mol. The van der Waals surface area contributed by atoms with Gasteiger partial charge in [0.15, 0.2) is 0 Å². The number of benzene rings is 2. The average Bonchev–Trinajstić information content (AvgIpc) is 2.73. The smallest absolute Gasteiger partial charge is 0.279 e. The molecule has 0 bridgehead atoms. The summed E-state index contributed by atoms with van der Waals surface area (Å²) in [4.78, 5) is 33.1. The summed E-state index contributed by atoms with van der Waals surface area (Å²) in [5.74, 6) is -0.156. The van der Waals surface area contributed by atoms with E-state index in [-0.39, 0.29) is 11.5 Å². The van der Waals surface area contributed by atoms with Gasteiger partial charge in [-0.25, -0.2) is 4.98 Å². The molecule has 0 spiro atoms. The quantitative estimate of drug-likeness (QED) is 0.593. The van der Waals surface area contributed by atoms with Crippen molar-refractivity contribution in [3.63, 3.8) is 0 Å². The Morgan fingerprint density at radius 2 is 1.67 bits per heavy atom. The van der Waals surface area contributed by atoms with E-state index in [1.807, 2.05) is 54.6 Å². The van der Waals surface area contributed by atoms with Gasteiger partial charge in [-0.2, -0.15) is 4.98 Å². The van der Waals surface area contributed by atoms with Gasteiger partial charge >= 0.3 is 0 Å². The van der Waals surface area contributed by atoms with E-state index >= 15 is 0 Å². The lowest BCUT2D eigenvalue weighted by Gasteiger charge is -2.07. The molecule has 132 valence electrons. The monoisotopic (exact) mass is 373 g/mol. The van der Waals surface area contributed by atoms with Crippen molar-refractivity contribution in [2.45, 2.75) is 6.54 Å². The third-order valence-electron chi connectivity index (χ3n) is 4.02. The molecule has 27 heavy (non-hydrogen) atoms. The largest absolute Gasteiger partial charge is 0.346 e. The van der Waals surface area contributed by atoms with Gasteiger partial charge in [0.1, 0.15) is 5.01 Å². The Bertz CT molecular complexity index is 1170. The van der Waals surface area contributed by atoms with Gasteiger partial charge in [-0.3, -0.25) is 9.59 Å². The number of aromatic nitrogens is 2. The van der Waals surface area contributed by atoms with Crippen molar-refractivity contribution in [3.05, 3.63) is 94.4 Å². The fourth-order valence-corrected chi connectivity index (χ4v) is 3.65. The van der Waals surface area contributed by atoms with Crippen molar-refractivity contribution in [1.29, 1.82) is 0 Å². The molecule has 2 heterocycles. The van der Waals surface area contributed by atoms with Gasteiger partial charge in [-0.15, -0.1) is 11.3 Å². The Morgan fingerprint density at radius 1 is 0.889 bits per heavy atom. The number of nitrogens with zero attached hydrogens (tertiary/aromatic N) is 2. The third-order valence-corrected chi connectivity index (χ3v) is 5.09. The van der Waals surface area contributed by atoms with Gasteiger partial charge in [-0.05, 0) is 36.4 Å². The third kappa shape index (κ3) is 3.75. The Balaban J connectivity index is 1.58. The lowest BCUT2D eigenvalue weighted by atomic mass is 10.2. The van der Waals surface area contributed by atoms with Crippen LogP contribution in [-0.2, 0) is 6.54 Å². The highest BCUT2D eigenvalue weighted by molar-refractivity contribution is 7.21. The molecule has 1 N–H and O–H groups in total. The van der Waals surface area contributed by atoms with Crippen molar-refractivity contribution in [2.24, 2.45) is 0 Å². The van der Waals surface area contributed by atoms with Crippen LogP contribution in [0.5, 0.6) is 0 Å². The Morgan fingerprint density at radius 3 is 2.52 bits per heavy atom. The van der Waals surface area contributed by atoms with E-state index in [9.17, 15) is 9.59 Å². The molecular formula is C21H15N3O2S. The van der Waals surface area contributed by atoms with E-state index in [4.69, 9.17) is 0 Å². The van der Waals surface area contributed by atoms with E-state index < -0.39 is 0 Å². The normalized spacial score (nSPS) is 10.7. The minimum Gasteiger partial charge on any atom is -0.346 e. The zero-order chi connectivity index (χ0) is 18.6. The van der Waals surface area contributed by atoms with E-state index in [1.54, 1.807) is 18.2 Å². The van der Waals surface area contributed by atoms with Gasteiger partial charge in [0.05, 0.1) is 23.3 Å². The molecule has 0 saturated heterocycles. The second-order valence-electron chi connectivity index (χ2n) is 5.88. The first-order chi connectivity index (χ1) is 13.2. The first kappa shape index (κ1) is 17.1.